The van der Waals surface area contributed by atoms with Gasteiger partial charge in [0.15, 0.2) is 10.7 Å². The minimum atomic E-state index is 0.380. The van der Waals surface area contributed by atoms with Gasteiger partial charge in [0.2, 0.25) is 4.96 Å². The van der Waals surface area contributed by atoms with E-state index in [1.165, 1.54) is 16.9 Å². The number of nitriles is 1. The van der Waals surface area contributed by atoms with Crippen molar-refractivity contribution >= 4 is 16.3 Å². The maximum absolute atomic E-state index is 9.10. The number of hydrogen-bond acceptors (Lipinski definition) is 5. The largest absolute Gasteiger partial charge is 0.486 e. The molecule has 0 N–H and O–H groups in total. The highest BCUT2D eigenvalue weighted by Gasteiger charge is 2.13. The summed E-state index contributed by atoms with van der Waals surface area (Å²) in [6.45, 7) is 4.30. The molecule has 0 fully saturated rings. The zero-order valence-corrected chi connectivity index (χ0v) is 12.6. The Morgan fingerprint density at radius 1 is 1.43 bits per heavy atom. The number of aromatic nitrogens is 3. The number of nitrogens with zero attached hydrogens (tertiary/aromatic N) is 4. The molecule has 21 heavy (non-hydrogen) atoms. The lowest BCUT2D eigenvalue weighted by Crippen LogP contribution is -1.98. The molecule has 0 atom stereocenters. The van der Waals surface area contributed by atoms with Crippen LogP contribution < -0.4 is 4.74 Å². The lowest BCUT2D eigenvalue weighted by molar-refractivity contribution is 0.304. The van der Waals surface area contributed by atoms with Crippen LogP contribution >= 0.6 is 11.3 Å². The molecule has 2 heterocycles. The van der Waals surface area contributed by atoms with Gasteiger partial charge in [-0.1, -0.05) is 30.4 Å². The first-order chi connectivity index (χ1) is 10.2. The fourth-order valence-corrected chi connectivity index (χ4v) is 2.93. The topological polar surface area (TPSA) is 63.2 Å². The molecule has 0 aliphatic heterocycles. The van der Waals surface area contributed by atoms with Gasteiger partial charge in [-0.3, -0.25) is 0 Å². The summed E-state index contributed by atoms with van der Waals surface area (Å²) in [5, 5.41) is 14.3. The van der Waals surface area contributed by atoms with Gasteiger partial charge in [0.05, 0.1) is 5.69 Å². The van der Waals surface area contributed by atoms with E-state index in [2.05, 4.69) is 29.1 Å². The Hall–Kier alpha value is -2.39. The Morgan fingerprint density at radius 3 is 3.05 bits per heavy atom. The summed E-state index contributed by atoms with van der Waals surface area (Å²) in [5.41, 5.74) is 2.43. The summed E-state index contributed by atoms with van der Waals surface area (Å²) in [4.78, 5) is 5.05. The fourth-order valence-electron chi connectivity index (χ4n) is 2.08. The Labute approximate surface area is 126 Å². The van der Waals surface area contributed by atoms with Gasteiger partial charge >= 0.3 is 0 Å². The zero-order chi connectivity index (χ0) is 14.8. The lowest BCUT2D eigenvalue weighted by Gasteiger charge is -2.05. The van der Waals surface area contributed by atoms with Gasteiger partial charge in [0.25, 0.3) is 0 Å². The number of hydrogen-bond donors (Lipinski definition) is 0. The van der Waals surface area contributed by atoms with E-state index in [0.717, 1.165) is 22.1 Å². The number of rotatable bonds is 4. The molecule has 106 valence electrons. The van der Waals surface area contributed by atoms with Crippen molar-refractivity contribution in [3.05, 3.63) is 46.2 Å². The molecule has 0 bridgehead atoms. The molecule has 0 spiro atoms. The molecule has 0 amide bonds. The van der Waals surface area contributed by atoms with Crippen molar-refractivity contribution in [2.75, 3.05) is 0 Å². The van der Waals surface area contributed by atoms with Crippen molar-refractivity contribution in [3.8, 4) is 11.8 Å². The van der Waals surface area contributed by atoms with Crippen molar-refractivity contribution < 1.29 is 4.74 Å². The van der Waals surface area contributed by atoms with Gasteiger partial charge in [-0.05, 0) is 31.0 Å². The van der Waals surface area contributed by atoms with Crippen LogP contribution in [0.25, 0.3) is 4.96 Å². The van der Waals surface area contributed by atoms with E-state index in [0.29, 0.717) is 18.0 Å². The molecule has 1 aromatic carbocycles. The van der Waals surface area contributed by atoms with Gasteiger partial charge in [0.1, 0.15) is 18.4 Å². The summed E-state index contributed by atoms with van der Waals surface area (Å²) in [6, 6.07) is 10.2. The molecule has 6 heteroatoms. The summed E-state index contributed by atoms with van der Waals surface area (Å²) < 4.78 is 7.35. The third kappa shape index (κ3) is 2.60. The van der Waals surface area contributed by atoms with E-state index in [9.17, 15) is 0 Å². The predicted octanol–water partition coefficient (Wildman–Crippen LogP) is 3.11. The molecule has 3 rings (SSSR count). The number of ether oxygens (including phenoxy) is 1. The van der Waals surface area contributed by atoms with Crippen molar-refractivity contribution in [3.63, 3.8) is 0 Å². The lowest BCUT2D eigenvalue weighted by atomic mass is 10.2. The number of imidazole rings is 1. The van der Waals surface area contributed by atoms with Crippen LogP contribution in [0, 0.1) is 18.3 Å². The van der Waals surface area contributed by atoms with Crippen molar-refractivity contribution in [2.45, 2.75) is 26.9 Å². The van der Waals surface area contributed by atoms with Crippen molar-refractivity contribution in [1.29, 1.82) is 5.26 Å². The summed E-state index contributed by atoms with van der Waals surface area (Å²) in [5.74, 6) is 0.832. The second kappa shape index (κ2) is 5.54. The van der Waals surface area contributed by atoms with Crippen molar-refractivity contribution in [1.82, 2.24) is 14.6 Å². The molecule has 0 radical (unpaired) electrons. The predicted molar refractivity (Wildman–Crippen MR) is 80.5 cm³/mol. The van der Waals surface area contributed by atoms with Crippen LogP contribution in [0.3, 0.4) is 0 Å². The van der Waals surface area contributed by atoms with Crippen LogP contribution in [0.15, 0.2) is 24.3 Å². The Morgan fingerprint density at radius 2 is 2.29 bits per heavy atom. The Bertz CT molecular complexity index is 828. The van der Waals surface area contributed by atoms with Crippen LogP contribution in [0.4, 0.5) is 0 Å². The Kier molecular flexibility index (Phi) is 3.59. The molecule has 0 aliphatic rings. The fraction of sp³-hybridized carbons (Fsp3) is 0.267. The van der Waals surface area contributed by atoms with Gasteiger partial charge in [-0.25, -0.2) is 4.98 Å². The first-order valence-corrected chi connectivity index (χ1v) is 7.49. The van der Waals surface area contributed by atoms with Gasteiger partial charge < -0.3 is 4.74 Å². The maximum Gasteiger partial charge on any atom is 0.213 e. The van der Waals surface area contributed by atoms with E-state index in [4.69, 9.17) is 10.00 Å². The molecular formula is C15H14N4OS. The SMILES string of the molecule is CCc1cccc(OCc2nn3c(C#N)c(C)nc3s2)c1. The van der Waals surface area contributed by atoms with E-state index in [1.54, 1.807) is 4.52 Å². The monoisotopic (exact) mass is 298 g/mol. The zero-order valence-electron chi connectivity index (χ0n) is 11.8. The molecule has 2 aromatic heterocycles. The van der Waals surface area contributed by atoms with E-state index in [-0.39, 0.29) is 0 Å². The van der Waals surface area contributed by atoms with E-state index < -0.39 is 0 Å². The smallest absolute Gasteiger partial charge is 0.213 e. The average molecular weight is 298 g/mol. The van der Waals surface area contributed by atoms with Gasteiger partial charge in [-0.15, -0.1) is 0 Å². The van der Waals surface area contributed by atoms with E-state index >= 15 is 0 Å². The quantitative estimate of drug-likeness (QED) is 0.742. The number of benzene rings is 1. The van der Waals surface area contributed by atoms with Gasteiger partial charge in [-0.2, -0.15) is 14.9 Å². The number of fused-ring (bicyclic) bond motifs is 1. The first kappa shape index (κ1) is 13.6. The molecular weight excluding hydrogens is 284 g/mol. The van der Waals surface area contributed by atoms with Crippen LogP contribution in [0.2, 0.25) is 0 Å². The third-order valence-corrected chi connectivity index (χ3v) is 4.08. The van der Waals surface area contributed by atoms with E-state index in [1.807, 2.05) is 25.1 Å². The molecule has 0 saturated heterocycles. The highest BCUT2D eigenvalue weighted by molar-refractivity contribution is 7.16. The van der Waals surface area contributed by atoms with Gasteiger partial charge in [0, 0.05) is 0 Å². The van der Waals surface area contributed by atoms with Crippen LogP contribution in [0.5, 0.6) is 5.75 Å². The highest BCUT2D eigenvalue weighted by atomic mass is 32.1. The van der Waals surface area contributed by atoms with Crippen LogP contribution in [-0.2, 0) is 13.0 Å². The molecule has 0 saturated carbocycles. The van der Waals surface area contributed by atoms with Crippen LogP contribution in [-0.4, -0.2) is 14.6 Å². The number of aryl methyl sites for hydroxylation is 2. The first-order valence-electron chi connectivity index (χ1n) is 6.68. The average Bonchev–Trinajstić information content (AvgIpc) is 3.01. The minimum absolute atomic E-state index is 0.380. The highest BCUT2D eigenvalue weighted by Crippen LogP contribution is 2.20. The third-order valence-electron chi connectivity index (χ3n) is 3.19. The minimum Gasteiger partial charge on any atom is -0.486 e. The summed E-state index contributed by atoms with van der Waals surface area (Å²) in [7, 11) is 0. The van der Waals surface area contributed by atoms with Crippen molar-refractivity contribution in [2.24, 2.45) is 0 Å². The molecule has 3 aromatic rings. The van der Waals surface area contributed by atoms with Crippen LogP contribution in [0.1, 0.15) is 28.9 Å². The molecule has 0 unspecified atom stereocenters. The second-order valence-electron chi connectivity index (χ2n) is 4.64. The summed E-state index contributed by atoms with van der Waals surface area (Å²) >= 11 is 1.44. The summed E-state index contributed by atoms with van der Waals surface area (Å²) in [6.07, 6.45) is 0.979. The Balaban J connectivity index is 1.79. The second-order valence-corrected chi connectivity index (χ2v) is 5.68. The molecule has 5 nitrogen and oxygen atoms in total. The normalized spacial score (nSPS) is 10.7. The molecule has 0 aliphatic carbocycles. The standard InChI is InChI=1S/C15H14N4OS/c1-3-11-5-4-6-12(7-11)20-9-14-18-19-13(8-16)10(2)17-15(19)21-14/h4-7H,3,9H2,1-2H3. The maximum atomic E-state index is 9.10.